The van der Waals surface area contributed by atoms with E-state index in [1.807, 2.05) is 6.92 Å². The van der Waals surface area contributed by atoms with Gasteiger partial charge in [-0.25, -0.2) is 5.43 Å². The van der Waals surface area contributed by atoms with Crippen molar-refractivity contribution in [2.75, 3.05) is 39.5 Å². The summed E-state index contributed by atoms with van der Waals surface area (Å²) in [5.41, 5.74) is 3.25. The molecule has 2 rings (SSSR count). The van der Waals surface area contributed by atoms with Crippen molar-refractivity contribution in [1.82, 2.24) is 5.43 Å². The summed E-state index contributed by atoms with van der Waals surface area (Å²) in [6.07, 6.45) is 1.52. The number of nitrogens with one attached hydrogen (secondary N) is 2. The number of aromatic hydroxyl groups is 1. The molecule has 1 heterocycles. The average molecular weight is 308 g/mol. The fourth-order valence-electron chi connectivity index (χ4n) is 2.16. The number of morpholine rings is 1. The zero-order valence-electron chi connectivity index (χ0n) is 12.7. The van der Waals surface area contributed by atoms with Gasteiger partial charge in [0.05, 0.1) is 26.0 Å². The van der Waals surface area contributed by atoms with E-state index < -0.39 is 0 Å². The van der Waals surface area contributed by atoms with Gasteiger partial charge in [-0.2, -0.15) is 5.10 Å². The molecule has 0 saturated carbocycles. The molecule has 1 aliphatic rings. The highest BCUT2D eigenvalue weighted by Gasteiger charge is 2.16. The predicted molar refractivity (Wildman–Crippen MR) is 81.4 cm³/mol. The van der Waals surface area contributed by atoms with Gasteiger partial charge < -0.3 is 19.5 Å². The van der Waals surface area contributed by atoms with Crippen LogP contribution in [-0.2, 0) is 9.53 Å². The Hall–Kier alpha value is -2.12. The minimum absolute atomic E-state index is 0.0824. The van der Waals surface area contributed by atoms with Crippen LogP contribution in [0.1, 0.15) is 12.5 Å². The SMILES string of the molecule is CCOc1cc(/C=N/NC(=O)C[NH+]2CCOCC2)ccc1O. The van der Waals surface area contributed by atoms with Gasteiger partial charge in [-0.1, -0.05) is 0 Å². The molecule has 120 valence electrons. The predicted octanol–water partition coefficient (Wildman–Crippen LogP) is -0.844. The molecule has 1 saturated heterocycles. The number of carbonyl (C=O) groups excluding carboxylic acids is 1. The van der Waals surface area contributed by atoms with E-state index in [2.05, 4.69) is 10.5 Å². The van der Waals surface area contributed by atoms with Crippen LogP contribution in [0, 0.1) is 0 Å². The Bertz CT molecular complexity index is 528. The standard InChI is InChI=1S/C15H21N3O4/c1-2-22-14-9-12(3-4-13(14)19)10-16-17-15(20)11-18-5-7-21-8-6-18/h3-4,9-10,19H,2,5-8,11H2,1H3,(H,17,20)/p+1/b16-10+. The van der Waals surface area contributed by atoms with Crippen LogP contribution in [0.5, 0.6) is 11.5 Å². The van der Waals surface area contributed by atoms with Crippen LogP contribution in [0.3, 0.4) is 0 Å². The molecule has 1 fully saturated rings. The maximum absolute atomic E-state index is 11.8. The number of hydrazone groups is 1. The second-order valence-corrected chi connectivity index (χ2v) is 4.99. The smallest absolute Gasteiger partial charge is 0.295 e. The van der Waals surface area contributed by atoms with Crippen LogP contribution in [0.15, 0.2) is 23.3 Å². The van der Waals surface area contributed by atoms with Crippen molar-refractivity contribution < 1.29 is 24.3 Å². The van der Waals surface area contributed by atoms with E-state index in [1.165, 1.54) is 17.2 Å². The average Bonchev–Trinajstić information content (AvgIpc) is 2.51. The van der Waals surface area contributed by atoms with Gasteiger partial charge >= 0.3 is 0 Å². The first kappa shape index (κ1) is 16.3. The summed E-state index contributed by atoms with van der Waals surface area (Å²) in [5, 5.41) is 13.5. The van der Waals surface area contributed by atoms with Gasteiger partial charge in [0.1, 0.15) is 13.1 Å². The van der Waals surface area contributed by atoms with E-state index in [0.29, 0.717) is 32.1 Å². The van der Waals surface area contributed by atoms with Crippen LogP contribution >= 0.6 is 0 Å². The Balaban J connectivity index is 1.83. The van der Waals surface area contributed by atoms with Crippen molar-refractivity contribution in [2.24, 2.45) is 5.10 Å². The highest BCUT2D eigenvalue weighted by Crippen LogP contribution is 2.25. The number of phenols is 1. The lowest BCUT2D eigenvalue weighted by molar-refractivity contribution is -0.900. The number of rotatable bonds is 6. The minimum atomic E-state index is -0.128. The van der Waals surface area contributed by atoms with Crippen LogP contribution in [0.25, 0.3) is 0 Å². The van der Waals surface area contributed by atoms with Crippen LogP contribution < -0.4 is 15.1 Å². The van der Waals surface area contributed by atoms with E-state index in [-0.39, 0.29) is 11.7 Å². The number of nitrogens with zero attached hydrogens (tertiary/aromatic N) is 1. The topological polar surface area (TPSA) is 84.6 Å². The third kappa shape index (κ3) is 5.01. The molecule has 3 N–H and O–H groups in total. The summed E-state index contributed by atoms with van der Waals surface area (Å²) < 4.78 is 10.5. The second kappa shape index (κ2) is 8.35. The first-order valence-electron chi connectivity index (χ1n) is 7.38. The Morgan fingerprint density at radius 1 is 1.50 bits per heavy atom. The summed E-state index contributed by atoms with van der Waals surface area (Å²) in [4.78, 5) is 13.0. The van der Waals surface area contributed by atoms with E-state index >= 15 is 0 Å². The van der Waals surface area contributed by atoms with Gasteiger partial charge in [-0.05, 0) is 30.7 Å². The van der Waals surface area contributed by atoms with Crippen molar-refractivity contribution in [3.05, 3.63) is 23.8 Å². The van der Waals surface area contributed by atoms with E-state index in [0.717, 1.165) is 18.7 Å². The summed E-state index contributed by atoms with van der Waals surface area (Å²) in [5.74, 6) is 0.353. The van der Waals surface area contributed by atoms with Gasteiger partial charge in [0.15, 0.2) is 18.0 Å². The number of benzene rings is 1. The molecule has 1 aliphatic heterocycles. The largest absolute Gasteiger partial charge is 0.504 e. The summed E-state index contributed by atoms with van der Waals surface area (Å²) >= 11 is 0. The summed E-state index contributed by atoms with van der Waals surface area (Å²) in [7, 11) is 0. The van der Waals surface area contributed by atoms with E-state index in [9.17, 15) is 9.90 Å². The molecule has 1 aromatic carbocycles. The van der Waals surface area contributed by atoms with Crippen molar-refractivity contribution in [1.29, 1.82) is 0 Å². The maximum atomic E-state index is 11.8. The molecule has 0 bridgehead atoms. The molecule has 0 atom stereocenters. The van der Waals surface area contributed by atoms with Gasteiger partial charge in [0, 0.05) is 0 Å². The monoisotopic (exact) mass is 308 g/mol. The fourth-order valence-corrected chi connectivity index (χ4v) is 2.16. The normalized spacial score (nSPS) is 15.9. The Kier molecular flexibility index (Phi) is 6.17. The van der Waals surface area contributed by atoms with Crippen molar-refractivity contribution >= 4 is 12.1 Å². The molecular formula is C15H22N3O4+. The number of quaternary nitrogens is 1. The second-order valence-electron chi connectivity index (χ2n) is 4.99. The van der Waals surface area contributed by atoms with Crippen molar-refractivity contribution in [3.63, 3.8) is 0 Å². The lowest BCUT2D eigenvalue weighted by Crippen LogP contribution is -3.15. The lowest BCUT2D eigenvalue weighted by Gasteiger charge is -2.22. The summed E-state index contributed by atoms with van der Waals surface area (Å²) in [6.45, 7) is 5.76. The Morgan fingerprint density at radius 2 is 2.27 bits per heavy atom. The Labute approximate surface area is 129 Å². The van der Waals surface area contributed by atoms with Crippen molar-refractivity contribution in [2.45, 2.75) is 6.92 Å². The molecule has 1 aromatic rings. The quantitative estimate of drug-likeness (QED) is 0.472. The lowest BCUT2D eigenvalue weighted by atomic mass is 10.2. The van der Waals surface area contributed by atoms with Crippen LogP contribution in [-0.4, -0.2) is 56.7 Å². The van der Waals surface area contributed by atoms with Gasteiger partial charge in [0.2, 0.25) is 0 Å². The molecule has 7 heteroatoms. The number of carbonyl (C=O) groups is 1. The van der Waals surface area contributed by atoms with Gasteiger partial charge in [-0.3, -0.25) is 4.79 Å². The minimum Gasteiger partial charge on any atom is -0.504 e. The molecule has 0 radical (unpaired) electrons. The van der Waals surface area contributed by atoms with E-state index in [4.69, 9.17) is 9.47 Å². The molecular weight excluding hydrogens is 286 g/mol. The van der Waals surface area contributed by atoms with E-state index in [1.54, 1.807) is 12.1 Å². The highest BCUT2D eigenvalue weighted by atomic mass is 16.5. The Morgan fingerprint density at radius 3 is 3.00 bits per heavy atom. The highest BCUT2D eigenvalue weighted by molar-refractivity contribution is 5.83. The maximum Gasteiger partial charge on any atom is 0.295 e. The van der Waals surface area contributed by atoms with Crippen LogP contribution in [0.2, 0.25) is 0 Å². The number of ether oxygens (including phenoxy) is 2. The number of phenolic OH excluding ortho intramolecular Hbond substituents is 1. The number of hydrogen-bond acceptors (Lipinski definition) is 5. The molecule has 0 aliphatic carbocycles. The van der Waals surface area contributed by atoms with Crippen molar-refractivity contribution in [3.8, 4) is 11.5 Å². The molecule has 0 spiro atoms. The van der Waals surface area contributed by atoms with Gasteiger partial charge in [-0.15, -0.1) is 0 Å². The summed E-state index contributed by atoms with van der Waals surface area (Å²) in [6, 6.07) is 4.90. The first-order chi connectivity index (χ1) is 10.7. The van der Waals surface area contributed by atoms with Crippen LogP contribution in [0.4, 0.5) is 0 Å². The molecule has 1 amide bonds. The fraction of sp³-hybridized carbons (Fsp3) is 0.467. The number of amides is 1. The first-order valence-corrected chi connectivity index (χ1v) is 7.38. The molecule has 0 aromatic heterocycles. The number of hydrogen-bond donors (Lipinski definition) is 3. The zero-order valence-corrected chi connectivity index (χ0v) is 12.7. The molecule has 0 unspecified atom stereocenters. The van der Waals surface area contributed by atoms with Gasteiger partial charge in [0.25, 0.3) is 5.91 Å². The molecule has 22 heavy (non-hydrogen) atoms. The third-order valence-corrected chi connectivity index (χ3v) is 3.30. The third-order valence-electron chi connectivity index (χ3n) is 3.30. The zero-order chi connectivity index (χ0) is 15.8. The molecule has 7 nitrogen and oxygen atoms in total.